The maximum Gasteiger partial charge on any atom is 0.240 e. The van der Waals surface area contributed by atoms with Crippen molar-refractivity contribution in [1.29, 1.82) is 0 Å². The van der Waals surface area contributed by atoms with Crippen LogP contribution >= 0.6 is 24.2 Å². The van der Waals surface area contributed by atoms with Gasteiger partial charge in [-0.05, 0) is 32.0 Å². The highest BCUT2D eigenvalue weighted by molar-refractivity contribution is 7.99. The van der Waals surface area contributed by atoms with E-state index in [1.807, 2.05) is 18.8 Å². The summed E-state index contributed by atoms with van der Waals surface area (Å²) in [5.74, 6) is 1.54. The molecule has 1 aromatic heterocycles. The quantitative estimate of drug-likeness (QED) is 0.940. The van der Waals surface area contributed by atoms with Gasteiger partial charge >= 0.3 is 0 Å². The molecule has 2 unspecified atom stereocenters. The van der Waals surface area contributed by atoms with Crippen LogP contribution in [0.25, 0.3) is 0 Å². The Bertz CT molecular complexity index is 550. The number of benzene rings is 1. The van der Waals surface area contributed by atoms with E-state index >= 15 is 0 Å². The molecule has 108 valence electrons. The van der Waals surface area contributed by atoms with E-state index in [1.54, 1.807) is 0 Å². The molecule has 0 saturated carbocycles. The minimum absolute atomic E-state index is 0. The molecule has 3 rings (SSSR count). The fourth-order valence-corrected chi connectivity index (χ4v) is 3.40. The molecule has 2 aromatic rings. The number of fused-ring (bicyclic) bond motifs is 1. The molecule has 1 aromatic carbocycles. The number of rotatable bonds is 4. The summed E-state index contributed by atoms with van der Waals surface area (Å²) in [6.07, 6.45) is 1.77. The first-order valence-corrected chi connectivity index (χ1v) is 7.38. The van der Waals surface area contributed by atoms with Crippen molar-refractivity contribution in [3.63, 3.8) is 0 Å². The second-order valence-electron chi connectivity index (χ2n) is 4.86. The number of hydrogen-bond donors (Lipinski definition) is 1. The highest BCUT2D eigenvalue weighted by Gasteiger charge is 2.28. The van der Waals surface area contributed by atoms with Gasteiger partial charge in [0.05, 0.1) is 5.25 Å². The highest BCUT2D eigenvalue weighted by Crippen LogP contribution is 2.45. The Hall–Kier alpha value is -1.04. The molecule has 0 bridgehead atoms. The van der Waals surface area contributed by atoms with Crippen LogP contribution in [0.3, 0.4) is 0 Å². The van der Waals surface area contributed by atoms with Crippen LogP contribution in [0.15, 0.2) is 33.7 Å². The maximum absolute atomic E-state index is 5.42. The van der Waals surface area contributed by atoms with E-state index in [4.69, 9.17) is 4.52 Å². The van der Waals surface area contributed by atoms with E-state index in [0.717, 1.165) is 24.6 Å². The maximum atomic E-state index is 5.42. The Morgan fingerprint density at radius 3 is 3.00 bits per heavy atom. The van der Waals surface area contributed by atoms with Crippen LogP contribution in [0, 0.1) is 0 Å². The van der Waals surface area contributed by atoms with Crippen molar-refractivity contribution in [2.45, 2.75) is 36.0 Å². The Kier molecular flexibility index (Phi) is 5.07. The normalized spacial score (nSPS) is 18.4. The zero-order valence-corrected chi connectivity index (χ0v) is 13.1. The van der Waals surface area contributed by atoms with Crippen molar-refractivity contribution in [1.82, 2.24) is 15.5 Å². The van der Waals surface area contributed by atoms with Gasteiger partial charge in [-0.2, -0.15) is 4.98 Å². The molecule has 2 heterocycles. The van der Waals surface area contributed by atoms with E-state index in [-0.39, 0.29) is 17.7 Å². The molecular weight excluding hydrogens is 294 g/mol. The van der Waals surface area contributed by atoms with Crippen LogP contribution in [-0.2, 0) is 12.8 Å². The van der Waals surface area contributed by atoms with Crippen molar-refractivity contribution >= 4 is 24.2 Å². The molecule has 1 N–H and O–H groups in total. The molecule has 4 nitrogen and oxygen atoms in total. The number of halogens is 1. The lowest BCUT2D eigenvalue weighted by molar-refractivity contribution is 0.370. The number of nitrogens with one attached hydrogen (secondary N) is 1. The third-order valence-corrected chi connectivity index (χ3v) is 4.69. The summed E-state index contributed by atoms with van der Waals surface area (Å²) in [5.41, 5.74) is 1.38. The topological polar surface area (TPSA) is 51.0 Å². The fourth-order valence-electron chi connectivity index (χ4n) is 2.18. The Morgan fingerprint density at radius 2 is 2.25 bits per heavy atom. The van der Waals surface area contributed by atoms with Gasteiger partial charge in [0.1, 0.15) is 0 Å². The molecule has 0 spiro atoms. The Balaban J connectivity index is 0.00000147. The number of hydrogen-bond acceptors (Lipinski definition) is 5. The van der Waals surface area contributed by atoms with Gasteiger partial charge in [0.15, 0.2) is 5.82 Å². The molecule has 2 atom stereocenters. The third-order valence-electron chi connectivity index (χ3n) is 3.39. The summed E-state index contributed by atoms with van der Waals surface area (Å²) in [5, 5.41) is 7.52. The zero-order chi connectivity index (χ0) is 13.2. The third kappa shape index (κ3) is 3.16. The van der Waals surface area contributed by atoms with E-state index in [2.05, 4.69) is 46.6 Å². The molecule has 0 fully saturated rings. The number of thioether (sulfide) groups is 1. The first kappa shape index (κ1) is 15.4. The summed E-state index contributed by atoms with van der Waals surface area (Å²) in [7, 11) is 1.94. The van der Waals surface area contributed by atoms with Gasteiger partial charge in [-0.25, -0.2) is 0 Å². The van der Waals surface area contributed by atoms with Gasteiger partial charge in [-0.1, -0.05) is 23.4 Å². The van der Waals surface area contributed by atoms with Crippen molar-refractivity contribution in [3.8, 4) is 0 Å². The lowest BCUT2D eigenvalue weighted by atomic mass is 10.1. The molecule has 1 aliphatic heterocycles. The van der Waals surface area contributed by atoms with Crippen molar-refractivity contribution < 1.29 is 4.52 Å². The Morgan fingerprint density at radius 1 is 1.45 bits per heavy atom. The minimum atomic E-state index is 0. The highest BCUT2D eigenvalue weighted by atomic mass is 35.5. The smallest absolute Gasteiger partial charge is 0.240 e. The lowest BCUT2D eigenvalue weighted by Gasteiger charge is -2.05. The molecule has 20 heavy (non-hydrogen) atoms. The number of aromatic nitrogens is 2. The van der Waals surface area contributed by atoms with Gasteiger partial charge in [-0.15, -0.1) is 24.2 Å². The predicted octanol–water partition coefficient (Wildman–Crippen LogP) is 3.03. The van der Waals surface area contributed by atoms with E-state index < -0.39 is 0 Å². The van der Waals surface area contributed by atoms with Gasteiger partial charge in [0, 0.05) is 17.4 Å². The first-order valence-electron chi connectivity index (χ1n) is 6.50. The predicted molar refractivity (Wildman–Crippen MR) is 82.5 cm³/mol. The second kappa shape index (κ2) is 6.61. The molecular formula is C14H18ClN3OS. The number of likely N-dealkylation sites (N-methyl/N-ethyl adjacent to an activating group) is 1. The second-order valence-corrected chi connectivity index (χ2v) is 6.11. The van der Waals surface area contributed by atoms with Gasteiger partial charge in [0.25, 0.3) is 0 Å². The molecule has 0 radical (unpaired) electrons. The summed E-state index contributed by atoms with van der Waals surface area (Å²) < 4.78 is 5.42. The van der Waals surface area contributed by atoms with E-state index in [0.29, 0.717) is 6.04 Å². The van der Waals surface area contributed by atoms with Crippen LogP contribution < -0.4 is 5.32 Å². The van der Waals surface area contributed by atoms with Crippen molar-refractivity contribution in [2.24, 2.45) is 0 Å². The largest absolute Gasteiger partial charge is 0.338 e. The molecule has 6 heteroatoms. The SMILES string of the molecule is CNC(C)Cc1noc(C2Cc3ccccc3S2)n1.Cl. The van der Waals surface area contributed by atoms with E-state index in [1.165, 1.54) is 10.5 Å². The van der Waals surface area contributed by atoms with Crippen LogP contribution in [-0.4, -0.2) is 23.2 Å². The molecule has 0 aliphatic carbocycles. The standard InChI is InChI=1S/C14H17N3OS.ClH/c1-9(15-2)7-13-16-14(18-17-13)12-8-10-5-3-4-6-11(10)19-12;/h3-6,9,12,15H,7-8H2,1-2H3;1H. The zero-order valence-electron chi connectivity index (χ0n) is 11.5. The van der Waals surface area contributed by atoms with Crippen LogP contribution in [0.1, 0.15) is 29.5 Å². The molecule has 1 aliphatic rings. The molecule has 0 saturated heterocycles. The van der Waals surface area contributed by atoms with Crippen molar-refractivity contribution in [2.75, 3.05) is 7.05 Å². The average Bonchev–Trinajstić information content (AvgIpc) is 3.04. The van der Waals surface area contributed by atoms with E-state index in [9.17, 15) is 0 Å². The summed E-state index contributed by atoms with van der Waals surface area (Å²) >= 11 is 1.82. The Labute approximate surface area is 129 Å². The monoisotopic (exact) mass is 311 g/mol. The lowest BCUT2D eigenvalue weighted by Crippen LogP contribution is -2.24. The van der Waals surface area contributed by atoms with Gasteiger partial charge < -0.3 is 9.84 Å². The van der Waals surface area contributed by atoms with Gasteiger partial charge in [0.2, 0.25) is 5.89 Å². The summed E-state index contributed by atoms with van der Waals surface area (Å²) in [6, 6.07) is 8.83. The van der Waals surface area contributed by atoms with Crippen LogP contribution in [0.5, 0.6) is 0 Å². The van der Waals surface area contributed by atoms with Crippen molar-refractivity contribution in [3.05, 3.63) is 41.5 Å². The molecule has 0 amide bonds. The minimum Gasteiger partial charge on any atom is -0.338 e. The number of nitrogens with zero attached hydrogens (tertiary/aromatic N) is 2. The summed E-state index contributed by atoms with van der Waals surface area (Å²) in [4.78, 5) is 5.85. The fraction of sp³-hybridized carbons (Fsp3) is 0.429. The first-order chi connectivity index (χ1) is 9.26. The summed E-state index contributed by atoms with van der Waals surface area (Å²) in [6.45, 7) is 2.11. The van der Waals surface area contributed by atoms with Crippen LogP contribution in [0.2, 0.25) is 0 Å². The van der Waals surface area contributed by atoms with Crippen LogP contribution in [0.4, 0.5) is 0 Å². The average molecular weight is 312 g/mol. The van der Waals surface area contributed by atoms with Gasteiger partial charge in [-0.3, -0.25) is 0 Å².